The van der Waals surface area contributed by atoms with Crippen LogP contribution in [0.4, 0.5) is 10.1 Å². The maximum atomic E-state index is 14.5. The van der Waals surface area contributed by atoms with Gasteiger partial charge in [0.15, 0.2) is 29.0 Å². The van der Waals surface area contributed by atoms with Crippen LogP contribution in [0.1, 0.15) is 12.5 Å². The number of benzene rings is 2. The van der Waals surface area contributed by atoms with Crippen molar-refractivity contribution < 1.29 is 18.6 Å². The number of anilines is 1. The molecule has 3 aromatic rings. The highest BCUT2D eigenvalue weighted by Gasteiger charge is 2.08. The number of ether oxygens (including phenoxy) is 3. The first-order valence-corrected chi connectivity index (χ1v) is 9.76. The zero-order valence-corrected chi connectivity index (χ0v) is 20.4. The van der Waals surface area contributed by atoms with E-state index >= 15 is 0 Å². The molecule has 1 aromatic heterocycles. The van der Waals surface area contributed by atoms with Crippen LogP contribution in [-0.4, -0.2) is 31.7 Å². The first-order valence-electron chi connectivity index (χ1n) is 9.76. The monoisotopic (exact) mass is 552 g/mol. The van der Waals surface area contributed by atoms with E-state index in [2.05, 4.69) is 20.6 Å². The zero-order valence-electron chi connectivity index (χ0n) is 18.1. The number of halogens is 2. The summed E-state index contributed by atoms with van der Waals surface area (Å²) in [6.07, 6.45) is 3.16. The zero-order chi connectivity index (χ0) is 22.1. The van der Waals surface area contributed by atoms with Gasteiger partial charge in [-0.2, -0.15) is 0 Å². The van der Waals surface area contributed by atoms with E-state index in [0.29, 0.717) is 35.3 Å². The third-order valence-electron chi connectivity index (χ3n) is 4.27. The fourth-order valence-corrected chi connectivity index (χ4v) is 2.79. The number of hydrogen-bond acceptors (Lipinski definition) is 5. The second-order valence-corrected chi connectivity index (χ2v) is 6.45. The van der Waals surface area contributed by atoms with E-state index in [4.69, 9.17) is 14.2 Å². The summed E-state index contributed by atoms with van der Waals surface area (Å²) in [6, 6.07) is 13.7. The number of pyridine rings is 1. The van der Waals surface area contributed by atoms with Gasteiger partial charge in [-0.25, -0.2) is 9.38 Å². The second kappa shape index (κ2) is 12.7. The molecule has 0 spiro atoms. The molecule has 1 heterocycles. The average molecular weight is 552 g/mol. The standard InChI is InChI=1S/C23H25FN4O3.HI/c1-4-26-23(28-17-8-10-21(29-2)22(13-17)30-3)27-14-16-7-9-20(19(24)12-16)31-18-6-5-11-25-15-18;/h5-13,15H,4,14H2,1-3H3,(H2,26,27,28);1H. The number of guanidine groups is 1. The Balaban J connectivity index is 0.00000363. The highest BCUT2D eigenvalue weighted by Crippen LogP contribution is 2.29. The molecule has 0 atom stereocenters. The predicted molar refractivity (Wildman–Crippen MR) is 134 cm³/mol. The Bertz CT molecular complexity index is 1040. The second-order valence-electron chi connectivity index (χ2n) is 6.45. The smallest absolute Gasteiger partial charge is 0.196 e. The summed E-state index contributed by atoms with van der Waals surface area (Å²) in [4.78, 5) is 8.49. The molecular formula is C23H26FIN4O3. The van der Waals surface area contributed by atoms with Gasteiger partial charge in [-0.15, -0.1) is 24.0 Å². The molecule has 0 fully saturated rings. The molecule has 9 heteroatoms. The van der Waals surface area contributed by atoms with E-state index in [0.717, 1.165) is 5.69 Å². The third kappa shape index (κ3) is 6.98. The molecule has 0 aliphatic rings. The van der Waals surface area contributed by atoms with Gasteiger partial charge in [0, 0.05) is 24.5 Å². The summed E-state index contributed by atoms with van der Waals surface area (Å²) in [6.45, 7) is 2.92. The fourth-order valence-electron chi connectivity index (χ4n) is 2.79. The summed E-state index contributed by atoms with van der Waals surface area (Å²) in [7, 11) is 3.17. The minimum atomic E-state index is -0.464. The number of methoxy groups -OCH3 is 2. The lowest BCUT2D eigenvalue weighted by atomic mass is 10.2. The Morgan fingerprint density at radius 3 is 2.47 bits per heavy atom. The molecule has 0 amide bonds. The van der Waals surface area contributed by atoms with Crippen LogP contribution in [0.25, 0.3) is 0 Å². The number of nitrogens with zero attached hydrogens (tertiary/aromatic N) is 2. The predicted octanol–water partition coefficient (Wildman–Crippen LogP) is 5.23. The van der Waals surface area contributed by atoms with Crippen molar-refractivity contribution in [2.75, 3.05) is 26.1 Å². The lowest BCUT2D eigenvalue weighted by molar-refractivity contribution is 0.355. The molecule has 0 bridgehead atoms. The Morgan fingerprint density at radius 2 is 1.81 bits per heavy atom. The van der Waals surface area contributed by atoms with E-state index in [1.54, 1.807) is 50.7 Å². The van der Waals surface area contributed by atoms with Crippen LogP contribution in [0, 0.1) is 5.82 Å². The van der Waals surface area contributed by atoms with Crippen LogP contribution in [-0.2, 0) is 6.54 Å². The molecule has 7 nitrogen and oxygen atoms in total. The number of rotatable bonds is 8. The summed E-state index contributed by atoms with van der Waals surface area (Å²) in [5, 5.41) is 6.38. The highest BCUT2D eigenvalue weighted by atomic mass is 127. The number of aliphatic imine (C=N–C) groups is 1. The van der Waals surface area contributed by atoms with Gasteiger partial charge >= 0.3 is 0 Å². The Kier molecular flexibility index (Phi) is 9.99. The molecule has 0 saturated heterocycles. The van der Waals surface area contributed by atoms with Crippen molar-refractivity contribution in [1.29, 1.82) is 0 Å². The van der Waals surface area contributed by atoms with Crippen molar-refractivity contribution in [3.63, 3.8) is 0 Å². The van der Waals surface area contributed by atoms with Crippen LogP contribution in [0.5, 0.6) is 23.0 Å². The van der Waals surface area contributed by atoms with Crippen molar-refractivity contribution in [3.05, 3.63) is 72.3 Å². The van der Waals surface area contributed by atoms with Crippen molar-refractivity contribution in [2.45, 2.75) is 13.5 Å². The number of aromatic nitrogens is 1. The largest absolute Gasteiger partial charge is 0.493 e. The minimum absolute atomic E-state index is 0. The SMILES string of the molecule is CCNC(=NCc1ccc(Oc2cccnc2)c(F)c1)Nc1ccc(OC)c(OC)c1.I. The first-order chi connectivity index (χ1) is 15.1. The van der Waals surface area contributed by atoms with E-state index in [1.807, 2.05) is 19.1 Å². The normalized spacial score (nSPS) is 10.7. The Labute approximate surface area is 204 Å². The van der Waals surface area contributed by atoms with Crippen molar-refractivity contribution in [1.82, 2.24) is 10.3 Å². The summed E-state index contributed by atoms with van der Waals surface area (Å²) < 4.78 is 30.6. The van der Waals surface area contributed by atoms with Gasteiger partial charge in [-0.1, -0.05) is 6.07 Å². The van der Waals surface area contributed by atoms with E-state index < -0.39 is 5.82 Å². The lowest BCUT2D eigenvalue weighted by Gasteiger charge is -2.14. The third-order valence-corrected chi connectivity index (χ3v) is 4.27. The van der Waals surface area contributed by atoms with Crippen molar-refractivity contribution in [3.8, 4) is 23.0 Å². The maximum Gasteiger partial charge on any atom is 0.196 e. The fraction of sp³-hybridized carbons (Fsp3) is 0.217. The van der Waals surface area contributed by atoms with Gasteiger partial charge in [0.2, 0.25) is 0 Å². The number of hydrogen-bond donors (Lipinski definition) is 2. The van der Waals surface area contributed by atoms with Crippen LogP contribution in [0.2, 0.25) is 0 Å². The molecule has 2 aromatic carbocycles. The molecule has 170 valence electrons. The first kappa shape index (κ1) is 25.2. The Morgan fingerprint density at radius 1 is 1.03 bits per heavy atom. The molecule has 0 unspecified atom stereocenters. The molecule has 32 heavy (non-hydrogen) atoms. The highest BCUT2D eigenvalue weighted by molar-refractivity contribution is 14.0. The Hall–Kier alpha value is -3.08. The van der Waals surface area contributed by atoms with Gasteiger partial charge in [0.1, 0.15) is 5.75 Å². The van der Waals surface area contributed by atoms with Crippen LogP contribution in [0.3, 0.4) is 0 Å². The molecule has 2 N–H and O–H groups in total. The summed E-state index contributed by atoms with van der Waals surface area (Å²) >= 11 is 0. The molecule has 0 radical (unpaired) electrons. The average Bonchev–Trinajstić information content (AvgIpc) is 2.80. The van der Waals surface area contributed by atoms with Gasteiger partial charge in [0.05, 0.1) is 27.0 Å². The molecule has 0 aliphatic heterocycles. The minimum Gasteiger partial charge on any atom is -0.493 e. The summed E-state index contributed by atoms with van der Waals surface area (Å²) in [5.74, 6) is 1.95. The van der Waals surface area contributed by atoms with Crippen LogP contribution >= 0.6 is 24.0 Å². The number of nitrogens with one attached hydrogen (secondary N) is 2. The van der Waals surface area contributed by atoms with Gasteiger partial charge in [0.25, 0.3) is 0 Å². The van der Waals surface area contributed by atoms with E-state index in [-0.39, 0.29) is 36.3 Å². The summed E-state index contributed by atoms with van der Waals surface area (Å²) in [5.41, 5.74) is 1.49. The maximum absolute atomic E-state index is 14.5. The molecule has 0 aliphatic carbocycles. The quantitative estimate of drug-likeness (QED) is 0.227. The van der Waals surface area contributed by atoms with Crippen molar-refractivity contribution in [2.24, 2.45) is 4.99 Å². The van der Waals surface area contributed by atoms with Gasteiger partial charge in [-0.05, 0) is 48.9 Å². The van der Waals surface area contributed by atoms with E-state index in [1.165, 1.54) is 12.3 Å². The van der Waals surface area contributed by atoms with Crippen LogP contribution in [0.15, 0.2) is 65.9 Å². The van der Waals surface area contributed by atoms with Crippen LogP contribution < -0.4 is 24.8 Å². The van der Waals surface area contributed by atoms with Gasteiger partial charge < -0.3 is 24.8 Å². The lowest BCUT2D eigenvalue weighted by Crippen LogP contribution is -2.30. The molecule has 0 saturated carbocycles. The molecular weight excluding hydrogens is 526 g/mol. The van der Waals surface area contributed by atoms with Crippen molar-refractivity contribution >= 4 is 35.6 Å². The topological polar surface area (TPSA) is 77.0 Å². The van der Waals surface area contributed by atoms with Gasteiger partial charge in [-0.3, -0.25) is 4.98 Å². The van der Waals surface area contributed by atoms with E-state index in [9.17, 15) is 4.39 Å². The molecule has 3 rings (SSSR count).